The standard InChI is InChI=1S/C15H11N7O/c23-14-12-8-4-7-11(9-10-5-2-1-3-6-10)16-13(12)19-22(14)15-17-20-21-18-15/h1-8H,9H2,(H,17,18,20,21). The van der Waals surface area contributed by atoms with Crippen LogP contribution in [-0.2, 0) is 6.42 Å². The number of H-pyrrole nitrogens is 1. The van der Waals surface area contributed by atoms with E-state index in [9.17, 15) is 4.79 Å². The first-order valence-electron chi connectivity index (χ1n) is 6.98. The predicted octanol–water partition coefficient (Wildman–Crippen LogP) is 0.836. The Morgan fingerprint density at radius 1 is 1.04 bits per heavy atom. The molecule has 0 atom stereocenters. The summed E-state index contributed by atoms with van der Waals surface area (Å²) in [6, 6.07) is 15.4. The number of benzene rings is 1. The van der Waals surface area contributed by atoms with Gasteiger partial charge in [-0.05, 0) is 22.9 Å². The summed E-state index contributed by atoms with van der Waals surface area (Å²) in [5, 5.41) is 17.5. The summed E-state index contributed by atoms with van der Waals surface area (Å²) in [7, 11) is 0. The highest BCUT2D eigenvalue weighted by molar-refractivity contribution is 5.55. The SMILES string of the molecule is O=c1c2cccc(Cc3ccccc3)nc-2nn1-c1nn[nH]n1. The molecule has 8 nitrogen and oxygen atoms in total. The van der Waals surface area contributed by atoms with Gasteiger partial charge in [0.15, 0.2) is 5.82 Å². The molecule has 2 aliphatic rings. The van der Waals surface area contributed by atoms with Crippen LogP contribution >= 0.6 is 0 Å². The average Bonchev–Trinajstić information content (AvgIpc) is 3.14. The highest BCUT2D eigenvalue weighted by Crippen LogP contribution is 2.14. The van der Waals surface area contributed by atoms with Crippen molar-refractivity contribution in [2.75, 3.05) is 0 Å². The van der Waals surface area contributed by atoms with Gasteiger partial charge in [-0.15, -0.1) is 10.2 Å². The summed E-state index contributed by atoms with van der Waals surface area (Å²) in [6.45, 7) is 0. The summed E-state index contributed by atoms with van der Waals surface area (Å²) in [6.07, 6.45) is 0.661. The van der Waals surface area contributed by atoms with E-state index in [0.29, 0.717) is 17.8 Å². The van der Waals surface area contributed by atoms with Crippen LogP contribution in [0.25, 0.3) is 17.3 Å². The van der Waals surface area contributed by atoms with Crippen LogP contribution in [0.15, 0.2) is 53.3 Å². The van der Waals surface area contributed by atoms with E-state index in [2.05, 4.69) is 30.7 Å². The minimum atomic E-state index is -0.323. The predicted molar refractivity (Wildman–Crippen MR) is 81.2 cm³/mol. The highest BCUT2D eigenvalue weighted by atomic mass is 16.1. The van der Waals surface area contributed by atoms with Crippen molar-refractivity contribution in [1.29, 1.82) is 0 Å². The molecule has 112 valence electrons. The lowest BCUT2D eigenvalue weighted by Crippen LogP contribution is -2.15. The van der Waals surface area contributed by atoms with Crippen molar-refractivity contribution in [2.45, 2.75) is 6.42 Å². The minimum Gasteiger partial charge on any atom is -0.266 e. The second-order valence-corrected chi connectivity index (χ2v) is 4.96. The van der Waals surface area contributed by atoms with Crippen LogP contribution in [0, 0.1) is 0 Å². The van der Waals surface area contributed by atoms with Gasteiger partial charge in [0.05, 0.1) is 5.56 Å². The smallest absolute Gasteiger partial charge is 0.266 e. The molecule has 23 heavy (non-hydrogen) atoms. The molecule has 1 N–H and O–H groups in total. The molecule has 0 spiro atoms. The third-order valence-corrected chi connectivity index (χ3v) is 3.41. The summed E-state index contributed by atoms with van der Waals surface area (Å²) in [4.78, 5) is 16.9. The van der Waals surface area contributed by atoms with Crippen molar-refractivity contribution in [3.05, 3.63) is 70.1 Å². The second kappa shape index (κ2) is 5.41. The number of fused-ring (bicyclic) bond motifs is 1. The molecule has 2 aliphatic heterocycles. The van der Waals surface area contributed by atoms with Gasteiger partial charge in [0.25, 0.3) is 11.5 Å². The molecule has 4 rings (SSSR count). The van der Waals surface area contributed by atoms with E-state index >= 15 is 0 Å². The Balaban J connectivity index is 1.79. The van der Waals surface area contributed by atoms with E-state index in [4.69, 9.17) is 0 Å². The molecular weight excluding hydrogens is 294 g/mol. The molecule has 0 amide bonds. The molecule has 1 aromatic carbocycles. The molecule has 3 heterocycles. The lowest BCUT2D eigenvalue weighted by Gasteiger charge is -1.98. The summed E-state index contributed by atoms with van der Waals surface area (Å²) in [5.41, 5.74) is 2.05. The Morgan fingerprint density at radius 3 is 2.70 bits per heavy atom. The van der Waals surface area contributed by atoms with Gasteiger partial charge in [0.1, 0.15) is 0 Å². The van der Waals surface area contributed by atoms with Gasteiger partial charge >= 0.3 is 0 Å². The molecule has 0 saturated heterocycles. The van der Waals surface area contributed by atoms with Crippen LogP contribution in [0.1, 0.15) is 11.3 Å². The number of nitrogens with zero attached hydrogens (tertiary/aromatic N) is 6. The van der Waals surface area contributed by atoms with Crippen molar-refractivity contribution >= 4 is 0 Å². The summed E-state index contributed by atoms with van der Waals surface area (Å²) >= 11 is 0. The maximum atomic E-state index is 12.4. The number of aromatic amines is 1. The molecule has 0 unspecified atom stereocenters. The zero-order valence-electron chi connectivity index (χ0n) is 11.9. The normalized spacial score (nSPS) is 11.0. The molecule has 0 aliphatic carbocycles. The second-order valence-electron chi connectivity index (χ2n) is 4.96. The Morgan fingerprint density at radius 2 is 1.91 bits per heavy atom. The fourth-order valence-electron chi connectivity index (χ4n) is 2.35. The number of aromatic nitrogens is 7. The van der Waals surface area contributed by atoms with Crippen LogP contribution in [0.3, 0.4) is 0 Å². The van der Waals surface area contributed by atoms with Crippen molar-refractivity contribution in [3.8, 4) is 17.3 Å². The van der Waals surface area contributed by atoms with Gasteiger partial charge in [-0.25, -0.2) is 4.98 Å². The molecule has 0 bridgehead atoms. The molecule has 0 fully saturated rings. The van der Waals surface area contributed by atoms with Crippen molar-refractivity contribution < 1.29 is 0 Å². The third kappa shape index (κ3) is 2.46. The van der Waals surface area contributed by atoms with Crippen LogP contribution in [0.5, 0.6) is 0 Å². The number of nitrogens with one attached hydrogen (secondary N) is 1. The number of hydrogen-bond donors (Lipinski definition) is 1. The fourth-order valence-corrected chi connectivity index (χ4v) is 2.35. The maximum Gasteiger partial charge on any atom is 0.293 e. The van der Waals surface area contributed by atoms with Gasteiger partial charge < -0.3 is 0 Å². The molecule has 1 aromatic heterocycles. The zero-order chi connectivity index (χ0) is 15.6. The van der Waals surface area contributed by atoms with Gasteiger partial charge in [-0.3, -0.25) is 4.79 Å². The van der Waals surface area contributed by atoms with Crippen LogP contribution in [-0.4, -0.2) is 35.4 Å². The quantitative estimate of drug-likeness (QED) is 0.601. The van der Waals surface area contributed by atoms with Gasteiger partial charge in [-0.1, -0.05) is 41.5 Å². The first kappa shape index (κ1) is 13.3. The number of tetrazole rings is 1. The highest BCUT2D eigenvalue weighted by Gasteiger charge is 2.18. The Hall–Kier alpha value is -3.42. The van der Waals surface area contributed by atoms with Crippen LogP contribution in [0.2, 0.25) is 0 Å². The van der Waals surface area contributed by atoms with Crippen LogP contribution < -0.4 is 5.56 Å². The average molecular weight is 305 g/mol. The summed E-state index contributed by atoms with van der Waals surface area (Å²) < 4.78 is 1.09. The lowest BCUT2D eigenvalue weighted by molar-refractivity contribution is 0.786. The molecule has 2 aromatic rings. The largest absolute Gasteiger partial charge is 0.293 e. The van der Waals surface area contributed by atoms with E-state index in [0.717, 1.165) is 15.9 Å². The Kier molecular flexibility index (Phi) is 3.12. The van der Waals surface area contributed by atoms with E-state index < -0.39 is 0 Å². The monoisotopic (exact) mass is 305 g/mol. The molecule has 0 radical (unpaired) electrons. The van der Waals surface area contributed by atoms with E-state index in [1.165, 1.54) is 0 Å². The van der Waals surface area contributed by atoms with Crippen molar-refractivity contribution in [2.24, 2.45) is 0 Å². The first-order valence-corrected chi connectivity index (χ1v) is 6.98. The van der Waals surface area contributed by atoms with E-state index in [-0.39, 0.29) is 11.5 Å². The number of hydrogen-bond acceptors (Lipinski definition) is 6. The van der Waals surface area contributed by atoms with Crippen LogP contribution in [0.4, 0.5) is 0 Å². The summed E-state index contributed by atoms with van der Waals surface area (Å²) in [5.74, 6) is 0.455. The Bertz CT molecular complexity index is 963. The lowest BCUT2D eigenvalue weighted by atomic mass is 10.1. The van der Waals surface area contributed by atoms with E-state index in [1.54, 1.807) is 12.1 Å². The molecule has 0 saturated carbocycles. The zero-order valence-corrected chi connectivity index (χ0v) is 11.9. The van der Waals surface area contributed by atoms with E-state index in [1.807, 2.05) is 36.4 Å². The van der Waals surface area contributed by atoms with Crippen molar-refractivity contribution in [3.63, 3.8) is 0 Å². The van der Waals surface area contributed by atoms with Gasteiger partial charge in [0.2, 0.25) is 0 Å². The topological polar surface area (TPSA) is 102 Å². The van der Waals surface area contributed by atoms with Crippen molar-refractivity contribution in [1.82, 2.24) is 35.4 Å². The number of rotatable bonds is 3. The third-order valence-electron chi connectivity index (χ3n) is 3.41. The molecular formula is C15H11N7O. The van der Waals surface area contributed by atoms with Gasteiger partial charge in [0, 0.05) is 12.1 Å². The first-order chi connectivity index (χ1) is 11.3. The fraction of sp³-hybridized carbons (Fsp3) is 0.0667. The van der Waals surface area contributed by atoms with Gasteiger partial charge in [-0.2, -0.15) is 9.90 Å². The molecule has 8 heteroatoms. The Labute approximate surface area is 130 Å². The minimum absolute atomic E-state index is 0.0975. The maximum absolute atomic E-state index is 12.4.